The van der Waals surface area contributed by atoms with Crippen molar-refractivity contribution in [2.45, 2.75) is 56.4 Å². The normalized spacial score (nSPS) is 13.8. The van der Waals surface area contributed by atoms with Crippen LogP contribution in [0.5, 0.6) is 0 Å². The first-order valence-electron chi connectivity index (χ1n) is 14.2. The van der Waals surface area contributed by atoms with Crippen molar-refractivity contribution < 1.29 is 13.5 Å². The van der Waals surface area contributed by atoms with E-state index in [1.54, 1.807) is 54.1 Å². The number of pyridine rings is 1. The zero-order valence-corrected chi connectivity index (χ0v) is 24.9. The lowest BCUT2D eigenvalue weighted by Crippen LogP contribution is -2.23. The van der Waals surface area contributed by atoms with Crippen LogP contribution in [0.3, 0.4) is 0 Å². The van der Waals surface area contributed by atoms with Gasteiger partial charge >= 0.3 is 0 Å². The fraction of sp³-hybridized carbons (Fsp3) is 0.355. The molecule has 5 rings (SSSR count). The second kappa shape index (κ2) is 13.6. The van der Waals surface area contributed by atoms with E-state index in [4.69, 9.17) is 0 Å². The second-order valence-corrected chi connectivity index (χ2v) is 13.1. The Balaban J connectivity index is 1.14. The van der Waals surface area contributed by atoms with Crippen molar-refractivity contribution >= 4 is 37.9 Å². The molecule has 0 saturated carbocycles. The summed E-state index contributed by atoms with van der Waals surface area (Å²) in [6.45, 7) is 4.13. The molecule has 1 atom stereocenters. The molecule has 4 aromatic rings. The number of fused-ring (bicyclic) bond motifs is 1. The molecule has 0 amide bonds. The van der Waals surface area contributed by atoms with Gasteiger partial charge in [-0.05, 0) is 79.8 Å². The van der Waals surface area contributed by atoms with Crippen molar-refractivity contribution in [3.8, 4) is 0 Å². The van der Waals surface area contributed by atoms with Crippen molar-refractivity contribution in [2.24, 2.45) is 0 Å². The van der Waals surface area contributed by atoms with E-state index in [1.807, 2.05) is 30.5 Å². The molecule has 3 heterocycles. The topological polar surface area (TPSA) is 107 Å². The van der Waals surface area contributed by atoms with Gasteiger partial charge in [-0.25, -0.2) is 13.4 Å². The summed E-state index contributed by atoms with van der Waals surface area (Å²) >= 11 is 1.73. The van der Waals surface area contributed by atoms with Crippen molar-refractivity contribution in [3.05, 3.63) is 94.8 Å². The zero-order valence-electron chi connectivity index (χ0n) is 23.3. The van der Waals surface area contributed by atoms with Gasteiger partial charge in [0.1, 0.15) is 0 Å². The Morgan fingerprint density at radius 1 is 1.07 bits per heavy atom. The first kappa shape index (κ1) is 29.2. The minimum atomic E-state index is -3.72. The van der Waals surface area contributed by atoms with Gasteiger partial charge in [-0.15, -0.1) is 11.3 Å². The van der Waals surface area contributed by atoms with Crippen LogP contribution in [-0.2, 0) is 29.3 Å². The number of aryl methyl sites for hydroxylation is 1. The number of nitrogens with zero attached hydrogens (tertiary/aromatic N) is 3. The standard InChI is InChI=1S/C31H37N5O3S2/c1-2-3-4-7-27-21-34-31(40-27)36-18-15-24-19-28(12-13-29(24)36)41(38,39)35-26-10-8-23(9-11-26)14-17-33-22-30(37)25-6-5-16-32-20-25/h5-6,8-13,16,19-21,30,33,35,37H,2-4,7,14-15,17-18,22H2,1H3. The third kappa shape index (κ3) is 7.51. The highest BCUT2D eigenvalue weighted by atomic mass is 32.2. The molecule has 1 aliphatic heterocycles. The van der Waals surface area contributed by atoms with Crippen LogP contribution in [0.15, 0.2) is 78.1 Å². The van der Waals surface area contributed by atoms with Crippen LogP contribution in [0, 0.1) is 0 Å². The lowest BCUT2D eigenvalue weighted by molar-refractivity contribution is 0.174. The van der Waals surface area contributed by atoms with Gasteiger partial charge in [0.25, 0.3) is 10.0 Å². The van der Waals surface area contributed by atoms with Crippen LogP contribution < -0.4 is 14.9 Å². The van der Waals surface area contributed by atoms with Crippen molar-refractivity contribution in [3.63, 3.8) is 0 Å². The number of thiazole rings is 1. The Morgan fingerprint density at radius 3 is 2.71 bits per heavy atom. The van der Waals surface area contributed by atoms with Crippen LogP contribution in [-0.4, -0.2) is 43.1 Å². The van der Waals surface area contributed by atoms with Crippen LogP contribution in [0.2, 0.25) is 0 Å². The molecule has 0 spiro atoms. The van der Waals surface area contributed by atoms with Gasteiger partial charge in [0.05, 0.1) is 11.0 Å². The minimum absolute atomic E-state index is 0.262. The quantitative estimate of drug-likeness (QED) is 0.163. The molecule has 216 valence electrons. The third-order valence-electron chi connectivity index (χ3n) is 7.26. The maximum Gasteiger partial charge on any atom is 0.261 e. The summed E-state index contributed by atoms with van der Waals surface area (Å²) in [5.41, 5.74) is 4.43. The smallest absolute Gasteiger partial charge is 0.261 e. The molecule has 2 aromatic carbocycles. The van der Waals surface area contributed by atoms with Crippen molar-refractivity contribution in [1.82, 2.24) is 15.3 Å². The molecule has 0 saturated heterocycles. The number of nitrogens with one attached hydrogen (secondary N) is 2. The molecule has 0 fully saturated rings. The molecular formula is C31H37N5O3S2. The molecule has 10 heteroatoms. The fourth-order valence-corrected chi connectivity index (χ4v) is 7.05. The number of hydrogen-bond donors (Lipinski definition) is 3. The first-order valence-corrected chi connectivity index (χ1v) is 16.5. The minimum Gasteiger partial charge on any atom is -0.387 e. The Morgan fingerprint density at radius 2 is 1.93 bits per heavy atom. The van der Waals surface area contributed by atoms with Gasteiger partial charge in [0.2, 0.25) is 0 Å². The van der Waals surface area contributed by atoms with E-state index >= 15 is 0 Å². The summed E-state index contributed by atoms with van der Waals surface area (Å²) in [6, 6.07) is 16.4. The van der Waals surface area contributed by atoms with Crippen LogP contribution >= 0.6 is 11.3 Å². The van der Waals surface area contributed by atoms with E-state index in [2.05, 4.69) is 31.8 Å². The molecule has 8 nitrogen and oxygen atoms in total. The van der Waals surface area contributed by atoms with Gasteiger partial charge in [-0.3, -0.25) is 9.71 Å². The van der Waals surface area contributed by atoms with Gasteiger partial charge in [-0.1, -0.05) is 38.0 Å². The summed E-state index contributed by atoms with van der Waals surface area (Å²) in [6.07, 6.45) is 10.9. The number of sulfonamides is 1. The molecule has 0 radical (unpaired) electrons. The van der Waals surface area contributed by atoms with Crippen molar-refractivity contribution in [1.29, 1.82) is 0 Å². The number of aromatic nitrogens is 2. The average Bonchev–Trinajstić information content (AvgIpc) is 3.63. The SMILES string of the molecule is CCCCCc1cnc(N2CCc3cc(S(=O)(=O)Nc4ccc(CCNCC(O)c5cccnc5)cc4)ccc32)s1. The van der Waals surface area contributed by atoms with E-state index < -0.39 is 16.1 Å². The highest BCUT2D eigenvalue weighted by Crippen LogP contribution is 2.38. The number of benzene rings is 2. The fourth-order valence-electron chi connectivity index (χ4n) is 4.95. The largest absolute Gasteiger partial charge is 0.387 e. The zero-order chi connectivity index (χ0) is 28.7. The van der Waals surface area contributed by atoms with Gasteiger partial charge in [0, 0.05) is 53.5 Å². The van der Waals surface area contributed by atoms with Gasteiger partial charge in [0.15, 0.2) is 5.13 Å². The third-order valence-corrected chi connectivity index (χ3v) is 9.72. The predicted molar refractivity (Wildman–Crippen MR) is 166 cm³/mol. The number of rotatable bonds is 14. The predicted octanol–water partition coefficient (Wildman–Crippen LogP) is 5.63. The van der Waals surface area contributed by atoms with Crippen LogP contribution in [0.1, 0.15) is 53.9 Å². The molecule has 0 bridgehead atoms. The molecule has 1 unspecified atom stereocenters. The van der Waals surface area contributed by atoms with E-state index in [1.165, 1.54) is 24.1 Å². The van der Waals surface area contributed by atoms with Gasteiger partial charge < -0.3 is 15.3 Å². The van der Waals surface area contributed by atoms with Crippen LogP contribution in [0.25, 0.3) is 0 Å². The summed E-state index contributed by atoms with van der Waals surface area (Å²) in [4.78, 5) is 12.4. The summed E-state index contributed by atoms with van der Waals surface area (Å²) in [7, 11) is -3.72. The summed E-state index contributed by atoms with van der Waals surface area (Å²) in [5, 5.41) is 14.5. The Kier molecular flexibility index (Phi) is 9.66. The Labute approximate surface area is 246 Å². The first-order chi connectivity index (χ1) is 19.9. The van der Waals surface area contributed by atoms with E-state index in [0.717, 1.165) is 53.3 Å². The second-order valence-electron chi connectivity index (χ2n) is 10.3. The average molecular weight is 592 g/mol. The van der Waals surface area contributed by atoms with E-state index in [-0.39, 0.29) is 4.90 Å². The highest BCUT2D eigenvalue weighted by molar-refractivity contribution is 7.92. The molecular weight excluding hydrogens is 555 g/mol. The number of aliphatic hydroxyl groups is 1. The summed E-state index contributed by atoms with van der Waals surface area (Å²) < 4.78 is 29.1. The van der Waals surface area contributed by atoms with Crippen molar-refractivity contribution in [2.75, 3.05) is 29.3 Å². The highest BCUT2D eigenvalue weighted by Gasteiger charge is 2.25. The van der Waals surface area contributed by atoms with Crippen LogP contribution in [0.4, 0.5) is 16.5 Å². The molecule has 1 aliphatic rings. The number of hydrogen-bond acceptors (Lipinski definition) is 8. The maximum atomic E-state index is 13.2. The van der Waals surface area contributed by atoms with E-state index in [9.17, 15) is 13.5 Å². The number of unbranched alkanes of at least 4 members (excludes halogenated alkanes) is 2. The molecule has 3 N–H and O–H groups in total. The summed E-state index contributed by atoms with van der Waals surface area (Å²) in [5.74, 6) is 0. The lowest BCUT2D eigenvalue weighted by atomic mass is 10.1. The van der Waals surface area contributed by atoms with Gasteiger partial charge in [-0.2, -0.15) is 0 Å². The Bertz CT molecular complexity index is 1530. The molecule has 2 aromatic heterocycles. The number of anilines is 3. The number of aliphatic hydroxyl groups excluding tert-OH is 1. The monoisotopic (exact) mass is 591 g/mol. The maximum absolute atomic E-state index is 13.2. The van der Waals surface area contributed by atoms with E-state index in [0.29, 0.717) is 18.8 Å². The lowest BCUT2D eigenvalue weighted by Gasteiger charge is -2.16. The Hall–Kier alpha value is -3.31. The molecule has 0 aliphatic carbocycles. The molecule has 41 heavy (non-hydrogen) atoms.